The second kappa shape index (κ2) is 6.00. The van der Waals surface area contributed by atoms with E-state index in [-0.39, 0.29) is 11.9 Å². The van der Waals surface area contributed by atoms with Gasteiger partial charge < -0.3 is 9.88 Å². The monoisotopic (exact) mass is 388 g/mol. The molecule has 0 saturated heterocycles. The maximum absolute atomic E-state index is 13.5. The molecule has 7 rings (SSSR count). The van der Waals surface area contributed by atoms with Gasteiger partial charge in [0, 0.05) is 34.3 Å². The Kier molecular flexibility index (Phi) is 3.68. The van der Waals surface area contributed by atoms with Crippen LogP contribution in [-0.4, -0.2) is 21.8 Å². The number of amides is 1. The van der Waals surface area contributed by atoms with E-state index in [1.54, 1.807) is 0 Å². The molecule has 2 heterocycles. The molecule has 2 aromatic rings. The number of fused-ring (bicyclic) bond motifs is 1. The van der Waals surface area contributed by atoms with Crippen LogP contribution in [0.5, 0.6) is 0 Å². The van der Waals surface area contributed by atoms with Crippen molar-refractivity contribution < 1.29 is 4.79 Å². The third-order valence-electron chi connectivity index (χ3n) is 9.14. The quantitative estimate of drug-likeness (QED) is 0.688. The van der Waals surface area contributed by atoms with Crippen LogP contribution in [0.3, 0.4) is 0 Å². The molecule has 2 atom stereocenters. The molecule has 152 valence electrons. The Balaban J connectivity index is 1.43. The van der Waals surface area contributed by atoms with Gasteiger partial charge in [0.05, 0.1) is 6.04 Å². The smallest absolute Gasteiger partial charge is 0.250 e. The lowest BCUT2D eigenvalue weighted by Crippen LogP contribution is -2.56. The third-order valence-corrected chi connectivity index (χ3v) is 9.14. The van der Waals surface area contributed by atoms with Crippen LogP contribution < -0.4 is 0 Å². The third kappa shape index (κ3) is 2.39. The predicted molar refractivity (Wildman–Crippen MR) is 116 cm³/mol. The normalized spacial score (nSPS) is 37.2. The molecule has 0 unspecified atom stereocenters. The summed E-state index contributed by atoms with van der Waals surface area (Å²) >= 11 is 0. The lowest BCUT2D eigenvalue weighted by Gasteiger charge is -2.60. The SMILES string of the molecule is CC1=C(C)[C@@H](c2c[nH]c3ccccc23)N([C@H](C)C23CC4CC(CC(C4)C2)C3)C1=O. The summed E-state index contributed by atoms with van der Waals surface area (Å²) in [6.07, 6.45) is 10.5. The first-order chi connectivity index (χ1) is 14.0. The summed E-state index contributed by atoms with van der Waals surface area (Å²) in [6, 6.07) is 8.88. The topological polar surface area (TPSA) is 36.1 Å². The Morgan fingerprint density at radius 1 is 1.03 bits per heavy atom. The summed E-state index contributed by atoms with van der Waals surface area (Å²) < 4.78 is 0. The van der Waals surface area contributed by atoms with Gasteiger partial charge >= 0.3 is 0 Å². The summed E-state index contributed by atoms with van der Waals surface area (Å²) in [6.45, 7) is 6.58. The van der Waals surface area contributed by atoms with Gasteiger partial charge in [0.25, 0.3) is 5.91 Å². The van der Waals surface area contributed by atoms with Gasteiger partial charge in [-0.05, 0) is 94.1 Å². The molecule has 1 aliphatic heterocycles. The number of aromatic nitrogens is 1. The summed E-state index contributed by atoms with van der Waals surface area (Å²) in [5.41, 5.74) is 4.95. The first-order valence-corrected chi connectivity index (χ1v) is 11.5. The van der Waals surface area contributed by atoms with E-state index in [0.717, 1.165) is 28.8 Å². The fraction of sp³-hybridized carbons (Fsp3) is 0.577. The number of carbonyl (C=O) groups excluding carboxylic acids is 1. The molecule has 1 amide bonds. The first-order valence-electron chi connectivity index (χ1n) is 11.5. The second-order valence-corrected chi connectivity index (χ2v) is 10.7. The highest BCUT2D eigenvalue weighted by molar-refractivity contribution is 5.98. The lowest BCUT2D eigenvalue weighted by molar-refractivity contribution is -0.142. The van der Waals surface area contributed by atoms with Gasteiger partial charge in [0.2, 0.25) is 0 Å². The van der Waals surface area contributed by atoms with E-state index < -0.39 is 0 Å². The van der Waals surface area contributed by atoms with Crippen molar-refractivity contribution in [1.29, 1.82) is 0 Å². The number of hydrogen-bond acceptors (Lipinski definition) is 1. The number of nitrogens with one attached hydrogen (secondary N) is 1. The molecule has 1 aromatic heterocycles. The zero-order valence-electron chi connectivity index (χ0n) is 17.9. The number of rotatable bonds is 3. The molecule has 1 N–H and O–H groups in total. The Labute approximate surface area is 173 Å². The van der Waals surface area contributed by atoms with E-state index in [2.05, 4.69) is 54.2 Å². The minimum Gasteiger partial charge on any atom is -0.361 e. The van der Waals surface area contributed by atoms with Crippen molar-refractivity contribution >= 4 is 16.8 Å². The molecule has 3 nitrogen and oxygen atoms in total. The fourth-order valence-corrected chi connectivity index (χ4v) is 7.98. The first kappa shape index (κ1) is 17.8. The molecule has 3 heteroatoms. The van der Waals surface area contributed by atoms with E-state index in [4.69, 9.17) is 0 Å². The summed E-state index contributed by atoms with van der Waals surface area (Å²) in [4.78, 5) is 19.3. The van der Waals surface area contributed by atoms with Crippen LogP contribution in [0.1, 0.15) is 70.9 Å². The zero-order chi connectivity index (χ0) is 19.9. The number of nitrogens with zero attached hydrogens (tertiary/aromatic N) is 1. The summed E-state index contributed by atoms with van der Waals surface area (Å²) in [5.74, 6) is 2.98. The van der Waals surface area contributed by atoms with Gasteiger partial charge in [-0.25, -0.2) is 0 Å². The van der Waals surface area contributed by atoms with Gasteiger partial charge in [0.1, 0.15) is 0 Å². The van der Waals surface area contributed by atoms with Crippen LogP contribution in [0.4, 0.5) is 0 Å². The Hall–Kier alpha value is -2.03. The largest absolute Gasteiger partial charge is 0.361 e. The Bertz CT molecular complexity index is 993. The molecule has 4 saturated carbocycles. The molecule has 5 aliphatic rings. The summed E-state index contributed by atoms with van der Waals surface area (Å²) in [5, 5.41) is 1.25. The van der Waals surface area contributed by atoms with Crippen molar-refractivity contribution in [2.24, 2.45) is 23.2 Å². The van der Waals surface area contributed by atoms with Gasteiger partial charge in [-0.2, -0.15) is 0 Å². The number of aromatic amines is 1. The van der Waals surface area contributed by atoms with Crippen molar-refractivity contribution in [3.8, 4) is 0 Å². The average molecular weight is 389 g/mol. The molecular weight excluding hydrogens is 356 g/mol. The molecule has 1 aromatic carbocycles. The highest BCUT2D eigenvalue weighted by atomic mass is 16.2. The van der Waals surface area contributed by atoms with E-state index in [9.17, 15) is 4.79 Å². The molecular formula is C26H32N2O. The van der Waals surface area contributed by atoms with Crippen molar-refractivity contribution in [2.45, 2.75) is 71.4 Å². The predicted octanol–water partition coefficient (Wildman–Crippen LogP) is 5.99. The van der Waals surface area contributed by atoms with Crippen molar-refractivity contribution in [3.05, 3.63) is 47.2 Å². The van der Waals surface area contributed by atoms with Crippen LogP contribution in [0.25, 0.3) is 10.9 Å². The van der Waals surface area contributed by atoms with Gasteiger partial charge in [-0.15, -0.1) is 0 Å². The highest BCUT2D eigenvalue weighted by Gasteiger charge is 2.56. The van der Waals surface area contributed by atoms with E-state index in [1.165, 1.54) is 55.0 Å². The van der Waals surface area contributed by atoms with Gasteiger partial charge in [-0.3, -0.25) is 4.79 Å². The highest BCUT2D eigenvalue weighted by Crippen LogP contribution is 2.63. The fourth-order valence-electron chi connectivity index (χ4n) is 7.98. The number of para-hydroxylation sites is 1. The number of hydrogen-bond donors (Lipinski definition) is 1. The Morgan fingerprint density at radius 2 is 1.66 bits per heavy atom. The molecule has 0 radical (unpaired) electrons. The second-order valence-electron chi connectivity index (χ2n) is 10.7. The number of carbonyl (C=O) groups is 1. The van der Waals surface area contributed by atoms with Crippen LogP contribution in [0.15, 0.2) is 41.6 Å². The molecule has 4 aliphatic carbocycles. The van der Waals surface area contributed by atoms with Crippen molar-refractivity contribution in [1.82, 2.24) is 9.88 Å². The maximum Gasteiger partial charge on any atom is 0.250 e. The van der Waals surface area contributed by atoms with E-state index in [1.807, 2.05) is 6.92 Å². The van der Waals surface area contributed by atoms with Crippen LogP contribution in [-0.2, 0) is 4.79 Å². The van der Waals surface area contributed by atoms with Crippen LogP contribution >= 0.6 is 0 Å². The minimum atomic E-state index is 0.0710. The number of benzene rings is 1. The van der Waals surface area contributed by atoms with E-state index >= 15 is 0 Å². The van der Waals surface area contributed by atoms with Crippen LogP contribution in [0, 0.1) is 23.2 Å². The Morgan fingerprint density at radius 3 is 2.31 bits per heavy atom. The molecule has 4 bridgehead atoms. The average Bonchev–Trinajstić information content (AvgIpc) is 3.21. The van der Waals surface area contributed by atoms with Crippen molar-refractivity contribution in [2.75, 3.05) is 0 Å². The molecule has 0 spiro atoms. The molecule has 29 heavy (non-hydrogen) atoms. The minimum absolute atomic E-state index is 0.0710. The van der Waals surface area contributed by atoms with Crippen molar-refractivity contribution in [3.63, 3.8) is 0 Å². The maximum atomic E-state index is 13.5. The van der Waals surface area contributed by atoms with Gasteiger partial charge in [0.15, 0.2) is 0 Å². The van der Waals surface area contributed by atoms with Crippen LogP contribution in [0.2, 0.25) is 0 Å². The lowest BCUT2D eigenvalue weighted by atomic mass is 9.47. The van der Waals surface area contributed by atoms with Gasteiger partial charge in [-0.1, -0.05) is 18.2 Å². The molecule has 4 fully saturated rings. The number of H-pyrrole nitrogens is 1. The zero-order valence-corrected chi connectivity index (χ0v) is 17.9. The summed E-state index contributed by atoms with van der Waals surface area (Å²) in [7, 11) is 0. The van der Waals surface area contributed by atoms with E-state index in [0.29, 0.717) is 11.5 Å². The standard InChI is InChI=1S/C26H32N2O/c1-15-16(2)25(29)28(24(15)22-14-27-23-7-5-4-6-21(22)23)17(3)26-11-18-8-19(12-26)10-20(9-18)13-26/h4-7,14,17-20,24,27H,8-13H2,1-3H3/t17-,18?,19?,20?,24+,26?/m1/s1.